The molecule has 2 rings (SSSR count). The van der Waals surface area contributed by atoms with Crippen LogP contribution in [0.1, 0.15) is 24.3 Å². The number of aryl methyl sites for hydroxylation is 1. The molecule has 120 valence electrons. The number of hydrogen-bond acceptors (Lipinski definition) is 5. The average molecular weight is 339 g/mol. The minimum Gasteiger partial charge on any atom is -0.357 e. The molecule has 1 aromatic heterocycles. The molecule has 0 radical (unpaired) electrons. The molecule has 1 aromatic carbocycles. The maximum atomic E-state index is 12.4. The number of nitrogens with zero attached hydrogens (tertiary/aromatic N) is 2. The SMILES string of the molecule is CCN(CC)S(=O)(=O)c1ccc(CNc2ncc(C)s2)cc1. The number of thiazole rings is 1. The van der Waals surface area contributed by atoms with E-state index in [-0.39, 0.29) is 0 Å². The van der Waals surface area contributed by atoms with E-state index in [9.17, 15) is 8.42 Å². The number of rotatable bonds is 7. The molecule has 0 amide bonds. The van der Waals surface area contributed by atoms with Gasteiger partial charge in [0, 0.05) is 30.7 Å². The highest BCUT2D eigenvalue weighted by atomic mass is 32.2. The van der Waals surface area contributed by atoms with Crippen LogP contribution in [0.15, 0.2) is 35.4 Å². The predicted octanol–water partition coefficient (Wildman–Crippen LogP) is 3.09. The number of aromatic nitrogens is 1. The number of benzene rings is 1. The van der Waals surface area contributed by atoms with Crippen molar-refractivity contribution in [2.24, 2.45) is 0 Å². The maximum absolute atomic E-state index is 12.4. The Hall–Kier alpha value is -1.44. The lowest BCUT2D eigenvalue weighted by atomic mass is 10.2. The normalized spacial score (nSPS) is 11.8. The molecule has 2 aromatic rings. The molecule has 0 saturated carbocycles. The van der Waals surface area contributed by atoms with Gasteiger partial charge in [-0.1, -0.05) is 26.0 Å². The molecule has 0 unspecified atom stereocenters. The Bertz CT molecular complexity index is 705. The van der Waals surface area contributed by atoms with E-state index in [1.165, 1.54) is 4.31 Å². The van der Waals surface area contributed by atoms with E-state index in [2.05, 4.69) is 10.3 Å². The highest BCUT2D eigenvalue weighted by molar-refractivity contribution is 7.89. The first-order chi connectivity index (χ1) is 10.5. The molecule has 0 aliphatic rings. The number of nitrogens with one attached hydrogen (secondary N) is 1. The van der Waals surface area contributed by atoms with Gasteiger partial charge in [-0.25, -0.2) is 13.4 Å². The molecule has 0 spiro atoms. The molecule has 0 bridgehead atoms. The largest absolute Gasteiger partial charge is 0.357 e. The van der Waals surface area contributed by atoms with Crippen molar-refractivity contribution >= 4 is 26.5 Å². The van der Waals surface area contributed by atoms with Gasteiger partial charge < -0.3 is 5.32 Å². The second-order valence-corrected chi connectivity index (χ2v) is 8.04. The third-order valence-electron chi connectivity index (χ3n) is 3.33. The van der Waals surface area contributed by atoms with Gasteiger partial charge in [0.15, 0.2) is 5.13 Å². The molecule has 0 atom stereocenters. The van der Waals surface area contributed by atoms with Crippen LogP contribution in [0, 0.1) is 6.92 Å². The van der Waals surface area contributed by atoms with Gasteiger partial charge in [-0.2, -0.15) is 4.31 Å². The van der Waals surface area contributed by atoms with E-state index in [1.807, 2.05) is 39.1 Å². The third kappa shape index (κ3) is 3.85. The molecule has 1 heterocycles. The Balaban J connectivity index is 2.07. The van der Waals surface area contributed by atoms with E-state index in [0.717, 1.165) is 15.6 Å². The Labute approximate surface area is 136 Å². The van der Waals surface area contributed by atoms with E-state index >= 15 is 0 Å². The predicted molar refractivity (Wildman–Crippen MR) is 90.7 cm³/mol. The first-order valence-electron chi connectivity index (χ1n) is 7.22. The average Bonchev–Trinajstić information content (AvgIpc) is 2.92. The molecular formula is C15H21N3O2S2. The molecule has 1 N–H and O–H groups in total. The van der Waals surface area contributed by atoms with Crippen LogP contribution >= 0.6 is 11.3 Å². The molecule has 5 nitrogen and oxygen atoms in total. The summed E-state index contributed by atoms with van der Waals surface area (Å²) in [7, 11) is -3.38. The summed E-state index contributed by atoms with van der Waals surface area (Å²) in [4.78, 5) is 5.73. The van der Waals surface area contributed by atoms with E-state index < -0.39 is 10.0 Å². The van der Waals surface area contributed by atoms with Crippen LogP contribution < -0.4 is 5.32 Å². The quantitative estimate of drug-likeness (QED) is 0.842. The molecular weight excluding hydrogens is 318 g/mol. The maximum Gasteiger partial charge on any atom is 0.243 e. The monoisotopic (exact) mass is 339 g/mol. The van der Waals surface area contributed by atoms with Gasteiger partial charge >= 0.3 is 0 Å². The Morgan fingerprint density at radius 1 is 1.18 bits per heavy atom. The zero-order valence-electron chi connectivity index (χ0n) is 13.0. The Kier molecular flexibility index (Phi) is 5.55. The van der Waals surface area contributed by atoms with Crippen LogP contribution in [0.3, 0.4) is 0 Å². The minimum atomic E-state index is -3.38. The van der Waals surface area contributed by atoms with Crippen LogP contribution in [0.2, 0.25) is 0 Å². The summed E-state index contributed by atoms with van der Waals surface area (Å²) in [5, 5.41) is 4.11. The summed E-state index contributed by atoms with van der Waals surface area (Å²) < 4.78 is 26.2. The van der Waals surface area contributed by atoms with Crippen molar-refractivity contribution in [1.29, 1.82) is 0 Å². The van der Waals surface area contributed by atoms with Crippen LogP contribution in [-0.2, 0) is 16.6 Å². The fourth-order valence-electron chi connectivity index (χ4n) is 2.11. The van der Waals surface area contributed by atoms with Crippen LogP contribution in [-0.4, -0.2) is 30.8 Å². The minimum absolute atomic E-state index is 0.338. The van der Waals surface area contributed by atoms with Gasteiger partial charge in [0.05, 0.1) is 4.90 Å². The zero-order valence-corrected chi connectivity index (χ0v) is 14.7. The van der Waals surface area contributed by atoms with Crippen molar-refractivity contribution in [2.75, 3.05) is 18.4 Å². The molecule has 0 aliphatic carbocycles. The van der Waals surface area contributed by atoms with Gasteiger partial charge in [-0.15, -0.1) is 11.3 Å². The summed E-state index contributed by atoms with van der Waals surface area (Å²) >= 11 is 1.60. The first-order valence-corrected chi connectivity index (χ1v) is 9.48. The number of anilines is 1. The summed E-state index contributed by atoms with van der Waals surface area (Å²) in [5.74, 6) is 0. The second kappa shape index (κ2) is 7.21. The number of hydrogen-bond donors (Lipinski definition) is 1. The summed E-state index contributed by atoms with van der Waals surface area (Å²) in [6.45, 7) is 7.27. The van der Waals surface area contributed by atoms with Crippen molar-refractivity contribution in [1.82, 2.24) is 9.29 Å². The zero-order chi connectivity index (χ0) is 16.2. The van der Waals surface area contributed by atoms with Gasteiger partial charge in [-0.05, 0) is 24.6 Å². The lowest BCUT2D eigenvalue weighted by Crippen LogP contribution is -2.30. The molecule has 0 aliphatic heterocycles. The van der Waals surface area contributed by atoms with Gasteiger partial charge in [-0.3, -0.25) is 0 Å². The Morgan fingerprint density at radius 3 is 2.32 bits per heavy atom. The highest BCUT2D eigenvalue weighted by Gasteiger charge is 2.20. The molecule has 0 saturated heterocycles. The van der Waals surface area contributed by atoms with Crippen molar-refractivity contribution in [3.8, 4) is 0 Å². The van der Waals surface area contributed by atoms with E-state index in [0.29, 0.717) is 24.5 Å². The third-order valence-corrected chi connectivity index (χ3v) is 6.27. The second-order valence-electron chi connectivity index (χ2n) is 4.86. The summed E-state index contributed by atoms with van der Waals surface area (Å²) in [6, 6.07) is 7.00. The van der Waals surface area contributed by atoms with Gasteiger partial charge in [0.25, 0.3) is 0 Å². The molecule has 22 heavy (non-hydrogen) atoms. The summed E-state index contributed by atoms with van der Waals surface area (Å²) in [5.41, 5.74) is 1.02. The number of sulfonamides is 1. The van der Waals surface area contributed by atoms with Crippen LogP contribution in [0.5, 0.6) is 0 Å². The smallest absolute Gasteiger partial charge is 0.243 e. The lowest BCUT2D eigenvalue weighted by Gasteiger charge is -2.18. The lowest BCUT2D eigenvalue weighted by molar-refractivity contribution is 0.445. The molecule has 0 fully saturated rings. The fraction of sp³-hybridized carbons (Fsp3) is 0.400. The van der Waals surface area contributed by atoms with Crippen LogP contribution in [0.4, 0.5) is 5.13 Å². The highest BCUT2D eigenvalue weighted by Crippen LogP contribution is 2.19. The fourth-order valence-corrected chi connectivity index (χ4v) is 4.22. The van der Waals surface area contributed by atoms with E-state index in [1.54, 1.807) is 23.5 Å². The van der Waals surface area contributed by atoms with Crippen molar-refractivity contribution < 1.29 is 8.42 Å². The summed E-state index contributed by atoms with van der Waals surface area (Å²) in [6.07, 6.45) is 1.83. The van der Waals surface area contributed by atoms with Gasteiger partial charge in [0.2, 0.25) is 10.0 Å². The van der Waals surface area contributed by atoms with Crippen LogP contribution in [0.25, 0.3) is 0 Å². The Morgan fingerprint density at radius 2 is 1.82 bits per heavy atom. The van der Waals surface area contributed by atoms with Gasteiger partial charge in [0.1, 0.15) is 0 Å². The topological polar surface area (TPSA) is 62.3 Å². The first kappa shape index (κ1) is 16.9. The van der Waals surface area contributed by atoms with Crippen molar-refractivity contribution in [2.45, 2.75) is 32.2 Å². The van der Waals surface area contributed by atoms with Crippen molar-refractivity contribution in [3.05, 3.63) is 40.9 Å². The standard InChI is InChI=1S/C15H21N3O2S2/c1-4-18(5-2)22(19,20)14-8-6-13(7-9-14)11-17-15-16-10-12(3)21-15/h6-10H,4-5,11H2,1-3H3,(H,16,17). The van der Waals surface area contributed by atoms with Crippen molar-refractivity contribution in [3.63, 3.8) is 0 Å². The van der Waals surface area contributed by atoms with E-state index in [4.69, 9.17) is 0 Å². The molecule has 7 heteroatoms.